The zero-order valence-electron chi connectivity index (χ0n) is 15.0. The van der Waals surface area contributed by atoms with Crippen LogP contribution in [0.15, 0.2) is 60.8 Å². The highest BCUT2D eigenvalue weighted by atomic mass is 35.5. The number of urea groups is 1. The van der Waals surface area contributed by atoms with E-state index in [4.69, 9.17) is 17.3 Å². The molecule has 140 valence electrons. The maximum absolute atomic E-state index is 12.2. The first-order valence-corrected chi connectivity index (χ1v) is 9.78. The highest BCUT2D eigenvalue weighted by Crippen LogP contribution is 2.40. The zero-order valence-corrected chi connectivity index (χ0v) is 16.6. The smallest absolute Gasteiger partial charge is 0.323 e. The highest BCUT2D eigenvalue weighted by molar-refractivity contribution is 7.19. The fourth-order valence-corrected chi connectivity index (χ4v) is 4.39. The number of hydrogen-bond acceptors (Lipinski definition) is 4. The Morgan fingerprint density at radius 2 is 1.82 bits per heavy atom. The van der Waals surface area contributed by atoms with Crippen molar-refractivity contribution in [3.63, 3.8) is 0 Å². The number of carbonyl (C=O) groups is 1. The van der Waals surface area contributed by atoms with E-state index in [1.807, 2.05) is 30.3 Å². The summed E-state index contributed by atoms with van der Waals surface area (Å²) < 4.78 is 1.11. The molecule has 2 aromatic carbocycles. The van der Waals surface area contributed by atoms with Gasteiger partial charge in [0.15, 0.2) is 0 Å². The Bertz CT molecular complexity index is 1170. The van der Waals surface area contributed by atoms with E-state index in [1.165, 1.54) is 4.88 Å². The van der Waals surface area contributed by atoms with Crippen molar-refractivity contribution < 1.29 is 4.79 Å². The molecule has 0 saturated heterocycles. The van der Waals surface area contributed by atoms with Gasteiger partial charge in [-0.15, -0.1) is 11.3 Å². The van der Waals surface area contributed by atoms with E-state index in [2.05, 4.69) is 22.5 Å². The highest BCUT2D eigenvalue weighted by Gasteiger charge is 2.14. The first-order valence-electron chi connectivity index (χ1n) is 8.59. The van der Waals surface area contributed by atoms with Crippen molar-refractivity contribution >= 4 is 56.2 Å². The number of aryl methyl sites for hydroxylation is 1. The zero-order chi connectivity index (χ0) is 19.7. The van der Waals surface area contributed by atoms with E-state index >= 15 is 0 Å². The molecule has 0 spiro atoms. The van der Waals surface area contributed by atoms with Crippen molar-refractivity contribution in [1.82, 2.24) is 4.98 Å². The lowest BCUT2D eigenvalue weighted by molar-refractivity contribution is 0.262. The number of thiophene rings is 1. The van der Waals surface area contributed by atoms with Gasteiger partial charge < -0.3 is 16.4 Å². The molecule has 2 heterocycles. The molecule has 4 aromatic rings. The molecule has 0 unspecified atom stereocenters. The largest absolute Gasteiger partial charge is 0.383 e. The Morgan fingerprint density at radius 1 is 1.07 bits per heavy atom. The van der Waals surface area contributed by atoms with E-state index in [-0.39, 0.29) is 6.03 Å². The molecule has 2 amide bonds. The van der Waals surface area contributed by atoms with Crippen molar-refractivity contribution in [2.45, 2.75) is 6.92 Å². The summed E-state index contributed by atoms with van der Waals surface area (Å²) in [5.74, 6) is 0.528. The van der Waals surface area contributed by atoms with Crippen molar-refractivity contribution in [2.24, 2.45) is 0 Å². The third-order valence-electron chi connectivity index (χ3n) is 4.32. The minimum absolute atomic E-state index is 0.333. The van der Waals surface area contributed by atoms with Crippen LogP contribution in [0, 0.1) is 6.92 Å². The number of nitrogens with one attached hydrogen (secondary N) is 2. The standard InChI is InChI=1S/C21H17ClN4OS/c1-12-18(19-17(28-12)9-10-24-20(19)23)13-5-7-15(8-6-13)25-21(27)26-16-4-2-3-14(22)11-16/h2-11H,1H3,(H2,23,24)(H2,25,26,27). The van der Waals surface area contributed by atoms with Gasteiger partial charge in [0.1, 0.15) is 5.82 Å². The molecule has 4 N–H and O–H groups in total. The number of rotatable bonds is 3. The minimum Gasteiger partial charge on any atom is -0.383 e. The lowest BCUT2D eigenvalue weighted by atomic mass is 10.0. The SMILES string of the molecule is Cc1sc2ccnc(N)c2c1-c1ccc(NC(=O)Nc2cccc(Cl)c2)cc1. The van der Waals surface area contributed by atoms with E-state index in [1.54, 1.807) is 41.8 Å². The topological polar surface area (TPSA) is 80.0 Å². The van der Waals surface area contributed by atoms with Gasteiger partial charge in [0, 0.05) is 43.1 Å². The van der Waals surface area contributed by atoms with Gasteiger partial charge in [-0.3, -0.25) is 0 Å². The fraction of sp³-hybridized carbons (Fsp3) is 0.0476. The number of carbonyl (C=O) groups excluding carboxylic acids is 1. The summed E-state index contributed by atoms with van der Waals surface area (Å²) in [6.45, 7) is 2.07. The molecule has 5 nitrogen and oxygen atoms in total. The number of nitrogen functional groups attached to an aromatic ring is 1. The predicted octanol–water partition coefficient (Wildman–Crippen LogP) is 6.15. The molecular formula is C21H17ClN4OS. The monoisotopic (exact) mass is 408 g/mol. The first-order chi connectivity index (χ1) is 13.5. The third kappa shape index (κ3) is 3.65. The molecule has 0 bridgehead atoms. The number of hydrogen-bond donors (Lipinski definition) is 3. The number of nitrogens with two attached hydrogens (primary N) is 1. The summed E-state index contributed by atoms with van der Waals surface area (Å²) in [6.07, 6.45) is 1.73. The number of pyridine rings is 1. The average molecular weight is 409 g/mol. The molecule has 2 aromatic heterocycles. The van der Waals surface area contributed by atoms with Crippen LogP contribution in [0.25, 0.3) is 21.2 Å². The Morgan fingerprint density at radius 3 is 2.57 bits per heavy atom. The summed E-state index contributed by atoms with van der Waals surface area (Å²) in [7, 11) is 0. The van der Waals surface area contributed by atoms with Gasteiger partial charge in [-0.2, -0.15) is 0 Å². The van der Waals surface area contributed by atoms with Crippen molar-refractivity contribution in [1.29, 1.82) is 0 Å². The lowest BCUT2D eigenvalue weighted by Crippen LogP contribution is -2.19. The van der Waals surface area contributed by atoms with Gasteiger partial charge in [-0.05, 0) is 48.9 Å². The fourth-order valence-electron chi connectivity index (χ4n) is 3.12. The number of anilines is 3. The van der Waals surface area contributed by atoms with Crippen LogP contribution in [0.4, 0.5) is 22.0 Å². The molecule has 0 atom stereocenters. The van der Waals surface area contributed by atoms with Gasteiger partial charge in [0.05, 0.1) is 0 Å². The Labute approximate surface area is 171 Å². The second-order valence-corrected chi connectivity index (χ2v) is 7.96. The van der Waals surface area contributed by atoms with Crippen LogP contribution in [-0.4, -0.2) is 11.0 Å². The summed E-state index contributed by atoms with van der Waals surface area (Å²) in [4.78, 5) is 17.6. The summed E-state index contributed by atoms with van der Waals surface area (Å²) in [5.41, 5.74) is 9.54. The lowest BCUT2D eigenvalue weighted by Gasteiger charge is -2.09. The number of halogens is 1. The molecule has 7 heteroatoms. The van der Waals surface area contributed by atoms with Crippen molar-refractivity contribution in [2.75, 3.05) is 16.4 Å². The predicted molar refractivity (Wildman–Crippen MR) is 118 cm³/mol. The number of nitrogens with zero attached hydrogens (tertiary/aromatic N) is 1. The van der Waals surface area contributed by atoms with Crippen molar-refractivity contribution in [3.8, 4) is 11.1 Å². The van der Waals surface area contributed by atoms with Gasteiger partial charge in [0.2, 0.25) is 0 Å². The molecular weight excluding hydrogens is 392 g/mol. The number of benzene rings is 2. The number of amides is 2. The van der Waals surface area contributed by atoms with E-state index in [0.29, 0.717) is 22.2 Å². The second kappa shape index (κ2) is 7.50. The second-order valence-electron chi connectivity index (χ2n) is 6.27. The first kappa shape index (κ1) is 18.3. The van der Waals surface area contributed by atoms with Gasteiger partial charge in [-0.25, -0.2) is 9.78 Å². The maximum atomic E-state index is 12.2. The van der Waals surface area contributed by atoms with Crippen LogP contribution >= 0.6 is 22.9 Å². The van der Waals surface area contributed by atoms with Gasteiger partial charge in [0.25, 0.3) is 0 Å². The van der Waals surface area contributed by atoms with Crippen LogP contribution < -0.4 is 16.4 Å². The summed E-state index contributed by atoms with van der Waals surface area (Å²) in [5, 5.41) is 7.11. The average Bonchev–Trinajstić information content (AvgIpc) is 2.99. The molecule has 28 heavy (non-hydrogen) atoms. The van der Waals surface area contributed by atoms with Gasteiger partial charge in [-0.1, -0.05) is 29.8 Å². The van der Waals surface area contributed by atoms with Crippen LogP contribution in [0.2, 0.25) is 5.02 Å². The van der Waals surface area contributed by atoms with Crippen LogP contribution in [0.5, 0.6) is 0 Å². The Balaban J connectivity index is 1.55. The molecule has 0 fully saturated rings. The number of aromatic nitrogens is 1. The van der Waals surface area contributed by atoms with E-state index in [9.17, 15) is 4.79 Å². The molecule has 0 aliphatic heterocycles. The summed E-state index contributed by atoms with van der Waals surface area (Å²) >= 11 is 7.63. The number of fused-ring (bicyclic) bond motifs is 1. The Kier molecular flexibility index (Phi) is 4.90. The Hall–Kier alpha value is -3.09. The van der Waals surface area contributed by atoms with Crippen LogP contribution in [0.1, 0.15) is 4.88 Å². The third-order valence-corrected chi connectivity index (χ3v) is 5.63. The van der Waals surface area contributed by atoms with Crippen molar-refractivity contribution in [3.05, 3.63) is 70.7 Å². The molecule has 0 saturated carbocycles. The normalized spacial score (nSPS) is 10.8. The molecule has 0 aliphatic carbocycles. The molecule has 4 rings (SSSR count). The molecule has 0 radical (unpaired) electrons. The van der Waals surface area contributed by atoms with Gasteiger partial charge >= 0.3 is 6.03 Å². The molecule has 0 aliphatic rings. The van der Waals surface area contributed by atoms with E-state index < -0.39 is 0 Å². The van der Waals surface area contributed by atoms with Crippen LogP contribution in [-0.2, 0) is 0 Å². The van der Waals surface area contributed by atoms with E-state index in [0.717, 1.165) is 21.2 Å². The van der Waals surface area contributed by atoms with Crippen LogP contribution in [0.3, 0.4) is 0 Å². The minimum atomic E-state index is -0.333. The maximum Gasteiger partial charge on any atom is 0.323 e. The summed E-state index contributed by atoms with van der Waals surface area (Å²) in [6, 6.07) is 16.3. The quantitative estimate of drug-likeness (QED) is 0.380.